The molecule has 7 nitrogen and oxygen atoms in total. The number of anilines is 1. The molecule has 0 aliphatic rings. The fourth-order valence-electron chi connectivity index (χ4n) is 1.86. The SMILES string of the molecule is CCc1nnc(NC(=O)NCCC(CC)CCC(=O)O)s1. The fourth-order valence-corrected chi connectivity index (χ4v) is 2.53. The lowest BCUT2D eigenvalue weighted by Crippen LogP contribution is -2.30. The molecule has 1 atom stereocenters. The standard InChI is InChI=1S/C13H22N4O3S/c1-3-9(5-6-11(18)19)7-8-14-12(20)15-13-17-16-10(4-2)21-13/h9H,3-8H2,1-2H3,(H,18,19)(H2,14,15,17,20). The van der Waals surface area contributed by atoms with Crippen molar-refractivity contribution in [3.05, 3.63) is 5.01 Å². The van der Waals surface area contributed by atoms with Crippen LogP contribution in [0.2, 0.25) is 0 Å². The van der Waals surface area contributed by atoms with Crippen molar-refractivity contribution in [2.75, 3.05) is 11.9 Å². The van der Waals surface area contributed by atoms with E-state index in [9.17, 15) is 9.59 Å². The molecule has 0 aliphatic carbocycles. The molecule has 1 aromatic heterocycles. The molecule has 1 unspecified atom stereocenters. The van der Waals surface area contributed by atoms with Gasteiger partial charge in [-0.15, -0.1) is 10.2 Å². The molecule has 0 bridgehead atoms. The van der Waals surface area contributed by atoms with Gasteiger partial charge < -0.3 is 10.4 Å². The third-order valence-corrected chi connectivity index (χ3v) is 4.15. The van der Waals surface area contributed by atoms with Gasteiger partial charge in [-0.2, -0.15) is 0 Å². The van der Waals surface area contributed by atoms with Crippen molar-refractivity contribution >= 4 is 28.5 Å². The summed E-state index contributed by atoms with van der Waals surface area (Å²) in [6, 6.07) is -0.304. The highest BCUT2D eigenvalue weighted by Gasteiger charge is 2.10. The second-order valence-corrected chi connectivity index (χ2v) is 5.79. The normalized spacial score (nSPS) is 11.9. The van der Waals surface area contributed by atoms with Crippen molar-refractivity contribution in [1.82, 2.24) is 15.5 Å². The first-order valence-electron chi connectivity index (χ1n) is 7.14. The molecule has 0 saturated heterocycles. The van der Waals surface area contributed by atoms with Crippen LogP contribution in [0.3, 0.4) is 0 Å². The predicted octanol–water partition coefficient (Wildman–Crippen LogP) is 2.50. The summed E-state index contributed by atoms with van der Waals surface area (Å²) in [6.45, 7) is 4.52. The maximum absolute atomic E-state index is 11.7. The van der Waals surface area contributed by atoms with Crippen LogP contribution in [0.1, 0.15) is 44.5 Å². The largest absolute Gasteiger partial charge is 0.481 e. The lowest BCUT2D eigenvalue weighted by molar-refractivity contribution is -0.137. The number of hydrogen-bond acceptors (Lipinski definition) is 5. The number of carbonyl (C=O) groups is 2. The molecule has 0 fully saturated rings. The molecule has 0 aliphatic heterocycles. The zero-order valence-corrected chi connectivity index (χ0v) is 13.2. The summed E-state index contributed by atoms with van der Waals surface area (Å²) < 4.78 is 0. The molecule has 0 saturated carbocycles. The lowest BCUT2D eigenvalue weighted by Gasteiger charge is -2.13. The van der Waals surface area contributed by atoms with Crippen LogP contribution in [0.4, 0.5) is 9.93 Å². The predicted molar refractivity (Wildman–Crippen MR) is 81.6 cm³/mol. The van der Waals surface area contributed by atoms with Crippen LogP contribution in [-0.2, 0) is 11.2 Å². The van der Waals surface area contributed by atoms with Crippen LogP contribution in [0.5, 0.6) is 0 Å². The molecule has 1 aromatic rings. The van der Waals surface area contributed by atoms with E-state index in [0.29, 0.717) is 24.0 Å². The number of nitrogens with zero attached hydrogens (tertiary/aromatic N) is 2. The van der Waals surface area contributed by atoms with E-state index >= 15 is 0 Å². The van der Waals surface area contributed by atoms with Crippen molar-refractivity contribution in [3.63, 3.8) is 0 Å². The maximum atomic E-state index is 11.7. The fraction of sp³-hybridized carbons (Fsp3) is 0.692. The van der Waals surface area contributed by atoms with E-state index in [1.165, 1.54) is 11.3 Å². The highest BCUT2D eigenvalue weighted by molar-refractivity contribution is 7.15. The van der Waals surface area contributed by atoms with Gasteiger partial charge in [0.1, 0.15) is 5.01 Å². The van der Waals surface area contributed by atoms with Crippen molar-refractivity contribution in [2.24, 2.45) is 5.92 Å². The summed E-state index contributed by atoms with van der Waals surface area (Å²) in [6.07, 6.45) is 3.30. The van der Waals surface area contributed by atoms with E-state index < -0.39 is 5.97 Å². The lowest BCUT2D eigenvalue weighted by atomic mass is 9.97. The van der Waals surface area contributed by atoms with E-state index in [-0.39, 0.29) is 12.5 Å². The number of carboxylic acids is 1. The van der Waals surface area contributed by atoms with Crippen molar-refractivity contribution < 1.29 is 14.7 Å². The third kappa shape index (κ3) is 7.03. The summed E-state index contributed by atoms with van der Waals surface area (Å²) >= 11 is 1.36. The molecule has 0 radical (unpaired) electrons. The van der Waals surface area contributed by atoms with Crippen LogP contribution >= 0.6 is 11.3 Å². The van der Waals surface area contributed by atoms with Crippen molar-refractivity contribution in [1.29, 1.82) is 0 Å². The maximum Gasteiger partial charge on any atom is 0.321 e. The third-order valence-electron chi connectivity index (χ3n) is 3.17. The number of carboxylic acid groups (broad SMARTS) is 1. The van der Waals surface area contributed by atoms with Gasteiger partial charge in [0.2, 0.25) is 5.13 Å². The summed E-state index contributed by atoms with van der Waals surface area (Å²) in [5.74, 6) is -0.461. The number of aliphatic carboxylic acids is 1. The molecule has 0 spiro atoms. The monoisotopic (exact) mass is 314 g/mol. The Hall–Kier alpha value is -1.70. The van der Waals surface area contributed by atoms with Gasteiger partial charge in [0, 0.05) is 13.0 Å². The molecule has 0 aromatic carbocycles. The molecular formula is C13H22N4O3S. The van der Waals surface area contributed by atoms with Crippen molar-refractivity contribution in [2.45, 2.75) is 46.0 Å². The van der Waals surface area contributed by atoms with Crippen LogP contribution < -0.4 is 10.6 Å². The van der Waals surface area contributed by atoms with Gasteiger partial charge in [-0.3, -0.25) is 10.1 Å². The molecule has 21 heavy (non-hydrogen) atoms. The van der Waals surface area contributed by atoms with Crippen molar-refractivity contribution in [3.8, 4) is 0 Å². The smallest absolute Gasteiger partial charge is 0.321 e. The number of carbonyl (C=O) groups excluding carboxylic acids is 1. The quantitative estimate of drug-likeness (QED) is 0.649. The summed E-state index contributed by atoms with van der Waals surface area (Å²) in [4.78, 5) is 22.2. The van der Waals surface area contributed by atoms with E-state index in [2.05, 4.69) is 20.8 Å². The Morgan fingerprint density at radius 3 is 2.62 bits per heavy atom. The first-order chi connectivity index (χ1) is 10.0. The van der Waals surface area contributed by atoms with Gasteiger partial charge in [0.25, 0.3) is 0 Å². The van der Waals surface area contributed by atoms with Gasteiger partial charge in [-0.05, 0) is 25.2 Å². The number of hydrogen-bond donors (Lipinski definition) is 3. The van der Waals surface area contributed by atoms with E-state index in [1.807, 2.05) is 13.8 Å². The molecular weight excluding hydrogens is 292 g/mol. The molecule has 118 valence electrons. The van der Waals surface area contributed by atoms with Gasteiger partial charge in [0.05, 0.1) is 0 Å². The second-order valence-electron chi connectivity index (χ2n) is 4.73. The first kappa shape index (κ1) is 17.4. The van der Waals surface area contributed by atoms with E-state index in [4.69, 9.17) is 5.11 Å². The minimum absolute atomic E-state index is 0.176. The molecule has 2 amide bonds. The van der Waals surface area contributed by atoms with E-state index in [1.54, 1.807) is 0 Å². The number of aryl methyl sites for hydroxylation is 1. The molecule has 3 N–H and O–H groups in total. The summed E-state index contributed by atoms with van der Waals surface area (Å²) in [5, 5.41) is 23.2. The Morgan fingerprint density at radius 2 is 2.05 bits per heavy atom. The van der Waals surface area contributed by atoms with Crippen LogP contribution in [0.25, 0.3) is 0 Å². The minimum atomic E-state index is -0.776. The first-order valence-corrected chi connectivity index (χ1v) is 7.95. The van der Waals surface area contributed by atoms with Gasteiger partial charge in [-0.1, -0.05) is 31.6 Å². The number of nitrogens with one attached hydrogen (secondary N) is 2. The van der Waals surface area contributed by atoms with Crippen LogP contribution in [-0.4, -0.2) is 33.8 Å². The van der Waals surface area contributed by atoms with Gasteiger partial charge in [0.15, 0.2) is 0 Å². The molecule has 8 heteroatoms. The number of amides is 2. The summed E-state index contributed by atoms with van der Waals surface area (Å²) in [5.41, 5.74) is 0. The Labute approximate surface area is 128 Å². The average molecular weight is 314 g/mol. The topological polar surface area (TPSA) is 104 Å². The Balaban J connectivity index is 2.24. The average Bonchev–Trinajstić information content (AvgIpc) is 2.89. The molecule has 1 heterocycles. The zero-order valence-electron chi connectivity index (χ0n) is 12.4. The number of aromatic nitrogens is 2. The Kier molecular flexibility index (Phi) is 7.66. The molecule has 1 rings (SSSR count). The summed E-state index contributed by atoms with van der Waals surface area (Å²) in [7, 11) is 0. The van der Waals surface area contributed by atoms with Crippen LogP contribution in [0.15, 0.2) is 0 Å². The Morgan fingerprint density at radius 1 is 1.29 bits per heavy atom. The zero-order chi connectivity index (χ0) is 15.7. The highest BCUT2D eigenvalue weighted by Crippen LogP contribution is 2.16. The number of rotatable bonds is 9. The Bertz CT molecular complexity index is 464. The van der Waals surface area contributed by atoms with Gasteiger partial charge in [-0.25, -0.2) is 4.79 Å². The van der Waals surface area contributed by atoms with E-state index in [0.717, 1.165) is 24.3 Å². The minimum Gasteiger partial charge on any atom is -0.481 e. The highest BCUT2D eigenvalue weighted by atomic mass is 32.1. The second kappa shape index (κ2) is 9.28. The van der Waals surface area contributed by atoms with Gasteiger partial charge >= 0.3 is 12.0 Å². The van der Waals surface area contributed by atoms with Crippen LogP contribution in [0, 0.1) is 5.92 Å². The number of urea groups is 1.